The van der Waals surface area contributed by atoms with Crippen molar-refractivity contribution in [3.63, 3.8) is 0 Å². The van der Waals surface area contributed by atoms with Gasteiger partial charge in [0, 0.05) is 13.1 Å². The van der Waals surface area contributed by atoms with Gasteiger partial charge in [0.1, 0.15) is 5.60 Å². The summed E-state index contributed by atoms with van der Waals surface area (Å²) in [5, 5.41) is 6.42. The minimum atomic E-state index is -0.521. The van der Waals surface area contributed by atoms with E-state index in [9.17, 15) is 9.59 Å². The predicted octanol–water partition coefficient (Wildman–Crippen LogP) is 3.58. The van der Waals surface area contributed by atoms with Crippen molar-refractivity contribution >= 4 is 23.4 Å². The molecular formula is C18H23N3O4S. The summed E-state index contributed by atoms with van der Waals surface area (Å²) < 4.78 is 12.3. The Hall–Kier alpha value is -2.35. The largest absolute Gasteiger partial charge is 0.461 e. The Balaban J connectivity index is 1.78. The van der Waals surface area contributed by atoms with Gasteiger partial charge in [-0.1, -0.05) is 6.07 Å². The van der Waals surface area contributed by atoms with Gasteiger partial charge in [-0.25, -0.2) is 9.59 Å². The van der Waals surface area contributed by atoms with Gasteiger partial charge >= 0.3 is 12.1 Å². The van der Waals surface area contributed by atoms with E-state index in [0.717, 1.165) is 10.6 Å². The topological polar surface area (TPSA) is 73.7 Å². The Bertz CT molecular complexity index is 786. The highest BCUT2D eigenvalue weighted by molar-refractivity contribution is 7.13. The van der Waals surface area contributed by atoms with Crippen molar-refractivity contribution in [3.8, 4) is 10.6 Å². The minimum absolute atomic E-state index is 0.00259. The third-order valence-electron chi connectivity index (χ3n) is 3.85. The maximum absolute atomic E-state index is 12.1. The molecule has 2 aromatic rings. The summed E-state index contributed by atoms with van der Waals surface area (Å²) in [5.41, 5.74) is 0.621. The second-order valence-electron chi connectivity index (χ2n) is 7.10. The molecular weight excluding hydrogens is 354 g/mol. The molecule has 3 heterocycles. The van der Waals surface area contributed by atoms with Crippen molar-refractivity contribution in [3.05, 3.63) is 29.3 Å². The number of aromatic nitrogens is 2. The van der Waals surface area contributed by atoms with E-state index in [4.69, 9.17) is 9.47 Å². The third kappa shape index (κ3) is 3.90. The van der Waals surface area contributed by atoms with Gasteiger partial charge in [0.2, 0.25) is 0 Å². The Morgan fingerprint density at radius 2 is 2.08 bits per heavy atom. The number of hydrogen-bond donors (Lipinski definition) is 0. The Morgan fingerprint density at radius 3 is 2.65 bits per heavy atom. The van der Waals surface area contributed by atoms with E-state index >= 15 is 0 Å². The zero-order valence-electron chi connectivity index (χ0n) is 15.4. The summed E-state index contributed by atoms with van der Waals surface area (Å²) in [4.78, 5) is 26.8. The van der Waals surface area contributed by atoms with Gasteiger partial charge in [-0.05, 0) is 45.2 Å². The van der Waals surface area contributed by atoms with Crippen LogP contribution < -0.4 is 0 Å². The maximum Gasteiger partial charge on any atom is 0.410 e. The number of esters is 1. The molecule has 1 fully saturated rings. The second kappa shape index (κ2) is 7.11. The molecule has 7 nitrogen and oxygen atoms in total. The maximum atomic E-state index is 12.1. The number of carbonyl (C=O) groups excluding carboxylic acids is 2. The van der Waals surface area contributed by atoms with Crippen LogP contribution in [0.1, 0.15) is 44.2 Å². The SMILES string of the molecule is CCOC(=O)c1cc(-c2cccs2)n(C2CN(C(=O)OC(C)(C)C)C2)n1. The molecule has 0 bridgehead atoms. The van der Waals surface area contributed by atoms with Gasteiger partial charge in [-0.15, -0.1) is 11.3 Å². The molecule has 1 aliphatic rings. The highest BCUT2D eigenvalue weighted by Crippen LogP contribution is 2.32. The van der Waals surface area contributed by atoms with Crippen LogP contribution in [0.2, 0.25) is 0 Å². The number of thiophene rings is 1. The van der Waals surface area contributed by atoms with E-state index in [1.165, 1.54) is 0 Å². The van der Waals surface area contributed by atoms with Gasteiger partial charge in [0.25, 0.3) is 0 Å². The smallest absolute Gasteiger partial charge is 0.410 e. The average Bonchev–Trinajstić information content (AvgIpc) is 3.12. The Labute approximate surface area is 156 Å². The van der Waals surface area contributed by atoms with Crippen molar-refractivity contribution in [2.75, 3.05) is 19.7 Å². The van der Waals surface area contributed by atoms with Crippen molar-refractivity contribution in [2.45, 2.75) is 39.3 Å². The lowest BCUT2D eigenvalue weighted by Crippen LogP contribution is -2.52. The van der Waals surface area contributed by atoms with Crippen LogP contribution in [0.5, 0.6) is 0 Å². The lowest BCUT2D eigenvalue weighted by atomic mass is 10.1. The number of carbonyl (C=O) groups is 2. The number of ether oxygens (including phenoxy) is 2. The summed E-state index contributed by atoms with van der Waals surface area (Å²) in [6.07, 6.45) is -0.329. The molecule has 0 radical (unpaired) electrons. The predicted molar refractivity (Wildman–Crippen MR) is 98.3 cm³/mol. The fourth-order valence-electron chi connectivity index (χ4n) is 2.67. The first kappa shape index (κ1) is 18.4. The number of amides is 1. The van der Waals surface area contributed by atoms with Crippen LogP contribution >= 0.6 is 11.3 Å². The van der Waals surface area contributed by atoms with E-state index in [1.54, 1.807) is 29.2 Å². The summed E-state index contributed by atoms with van der Waals surface area (Å²) >= 11 is 1.58. The first-order valence-electron chi connectivity index (χ1n) is 8.57. The van der Waals surface area contributed by atoms with Crippen molar-refractivity contribution in [2.24, 2.45) is 0 Å². The van der Waals surface area contributed by atoms with Gasteiger partial charge in [0.05, 0.1) is 23.2 Å². The molecule has 0 atom stereocenters. The van der Waals surface area contributed by atoms with Crippen molar-refractivity contribution in [1.29, 1.82) is 0 Å². The van der Waals surface area contributed by atoms with Gasteiger partial charge < -0.3 is 14.4 Å². The molecule has 0 aliphatic carbocycles. The van der Waals surface area contributed by atoms with Crippen LogP contribution in [-0.2, 0) is 9.47 Å². The normalized spacial score (nSPS) is 14.8. The van der Waals surface area contributed by atoms with Crippen LogP contribution in [0.3, 0.4) is 0 Å². The van der Waals surface area contributed by atoms with E-state index in [-0.39, 0.29) is 17.8 Å². The molecule has 1 aliphatic heterocycles. The summed E-state index contributed by atoms with van der Waals surface area (Å²) in [6, 6.07) is 5.69. The molecule has 2 aromatic heterocycles. The van der Waals surface area contributed by atoms with E-state index in [2.05, 4.69) is 5.10 Å². The molecule has 0 spiro atoms. The molecule has 0 saturated carbocycles. The van der Waals surface area contributed by atoms with E-state index in [1.807, 2.05) is 43.0 Å². The van der Waals surface area contributed by atoms with Crippen LogP contribution in [-0.4, -0.2) is 52.0 Å². The van der Waals surface area contributed by atoms with Crippen molar-refractivity contribution < 1.29 is 19.1 Å². The van der Waals surface area contributed by atoms with Crippen LogP contribution in [0.15, 0.2) is 23.6 Å². The third-order valence-corrected chi connectivity index (χ3v) is 4.75. The zero-order valence-corrected chi connectivity index (χ0v) is 16.2. The fraction of sp³-hybridized carbons (Fsp3) is 0.500. The van der Waals surface area contributed by atoms with Crippen molar-refractivity contribution in [1.82, 2.24) is 14.7 Å². The molecule has 1 amide bonds. The number of nitrogens with zero attached hydrogens (tertiary/aromatic N) is 3. The first-order valence-corrected chi connectivity index (χ1v) is 9.45. The summed E-state index contributed by atoms with van der Waals surface area (Å²) in [5.74, 6) is -0.438. The van der Waals surface area contributed by atoms with Crippen LogP contribution in [0.4, 0.5) is 4.79 Å². The Morgan fingerprint density at radius 1 is 1.35 bits per heavy atom. The van der Waals surface area contributed by atoms with Crippen LogP contribution in [0, 0.1) is 0 Å². The van der Waals surface area contributed by atoms with E-state index < -0.39 is 11.6 Å². The standard InChI is InChI=1S/C18H23N3O4S/c1-5-24-16(22)13-9-14(15-7-6-8-26-15)21(19-13)12-10-20(11-12)17(23)25-18(2,3)4/h6-9,12H,5,10-11H2,1-4H3. The first-order chi connectivity index (χ1) is 12.3. The quantitative estimate of drug-likeness (QED) is 0.762. The minimum Gasteiger partial charge on any atom is -0.461 e. The molecule has 140 valence electrons. The molecule has 0 aromatic carbocycles. The molecule has 8 heteroatoms. The molecule has 0 N–H and O–H groups in total. The lowest BCUT2D eigenvalue weighted by molar-refractivity contribution is -0.000347. The summed E-state index contributed by atoms with van der Waals surface area (Å²) in [6.45, 7) is 8.59. The molecule has 0 unspecified atom stereocenters. The highest BCUT2D eigenvalue weighted by Gasteiger charge is 2.37. The molecule has 26 heavy (non-hydrogen) atoms. The Kier molecular flexibility index (Phi) is 5.04. The van der Waals surface area contributed by atoms with Crippen LogP contribution in [0.25, 0.3) is 10.6 Å². The van der Waals surface area contributed by atoms with E-state index in [0.29, 0.717) is 19.7 Å². The van der Waals surface area contributed by atoms with Gasteiger partial charge in [-0.2, -0.15) is 5.10 Å². The monoisotopic (exact) mass is 377 g/mol. The molecule has 1 saturated heterocycles. The lowest BCUT2D eigenvalue weighted by Gasteiger charge is -2.40. The molecule has 3 rings (SSSR count). The number of rotatable bonds is 4. The van der Waals surface area contributed by atoms with Gasteiger partial charge in [0.15, 0.2) is 5.69 Å². The average molecular weight is 377 g/mol. The fourth-order valence-corrected chi connectivity index (χ4v) is 3.41. The summed E-state index contributed by atoms with van der Waals surface area (Å²) in [7, 11) is 0. The highest BCUT2D eigenvalue weighted by atomic mass is 32.1. The number of likely N-dealkylation sites (tertiary alicyclic amines) is 1. The second-order valence-corrected chi connectivity index (χ2v) is 8.04. The van der Waals surface area contributed by atoms with Gasteiger partial charge in [-0.3, -0.25) is 4.68 Å². The zero-order chi connectivity index (χ0) is 18.9. The number of hydrogen-bond acceptors (Lipinski definition) is 6.